The first-order valence-corrected chi connectivity index (χ1v) is 9.13. The molecule has 2 rings (SSSR count). The quantitative estimate of drug-likeness (QED) is 0.714. The van der Waals surface area contributed by atoms with Crippen LogP contribution in [0, 0.1) is 5.92 Å². The number of carbonyl (C=O) groups is 2. The lowest BCUT2D eigenvalue weighted by atomic mass is 10.1. The van der Waals surface area contributed by atoms with E-state index < -0.39 is 0 Å². The maximum Gasteiger partial charge on any atom is 0.307 e. The van der Waals surface area contributed by atoms with Crippen molar-refractivity contribution in [3.63, 3.8) is 0 Å². The number of hydrogen-bond donors (Lipinski definition) is 0. The van der Waals surface area contributed by atoms with Crippen LogP contribution in [0.1, 0.15) is 44.6 Å². The van der Waals surface area contributed by atoms with Crippen LogP contribution in [-0.2, 0) is 14.3 Å². The van der Waals surface area contributed by atoms with Crippen LogP contribution in [-0.4, -0.2) is 35.2 Å². The third-order valence-electron chi connectivity index (χ3n) is 3.82. The molecule has 1 aromatic rings. The fourth-order valence-electron chi connectivity index (χ4n) is 2.60. The van der Waals surface area contributed by atoms with Gasteiger partial charge in [-0.2, -0.15) is 0 Å². The fourth-order valence-corrected chi connectivity index (χ4v) is 4.06. The van der Waals surface area contributed by atoms with Gasteiger partial charge >= 0.3 is 5.97 Å². The SMILES string of the molecule is CCOC(=O)C[C@H]1SC(c2ccccc2)N(CCC(C)C)C1=O. The van der Waals surface area contributed by atoms with Gasteiger partial charge in [0.1, 0.15) is 5.37 Å². The summed E-state index contributed by atoms with van der Waals surface area (Å²) in [6, 6.07) is 10.0. The topological polar surface area (TPSA) is 46.6 Å². The summed E-state index contributed by atoms with van der Waals surface area (Å²) in [5.74, 6) is 0.293. The van der Waals surface area contributed by atoms with E-state index in [0.717, 1.165) is 18.5 Å². The molecule has 0 spiro atoms. The minimum atomic E-state index is -0.341. The van der Waals surface area contributed by atoms with Crippen molar-refractivity contribution in [2.75, 3.05) is 13.2 Å². The van der Waals surface area contributed by atoms with Gasteiger partial charge in [-0.1, -0.05) is 44.2 Å². The highest BCUT2D eigenvalue weighted by Gasteiger charge is 2.41. The average molecular weight is 335 g/mol. The predicted octanol–water partition coefficient (Wildman–Crippen LogP) is 3.63. The minimum Gasteiger partial charge on any atom is -0.466 e. The second kappa shape index (κ2) is 8.39. The van der Waals surface area contributed by atoms with E-state index in [1.807, 2.05) is 35.2 Å². The van der Waals surface area contributed by atoms with Crippen LogP contribution in [0.15, 0.2) is 30.3 Å². The third kappa shape index (κ3) is 4.74. The van der Waals surface area contributed by atoms with Gasteiger partial charge in [-0.05, 0) is 24.8 Å². The Kier molecular flexibility index (Phi) is 6.51. The Labute approximate surface area is 142 Å². The number of nitrogens with zero attached hydrogens (tertiary/aromatic N) is 1. The van der Waals surface area contributed by atoms with Crippen LogP contribution in [0.3, 0.4) is 0 Å². The Morgan fingerprint density at radius 3 is 2.61 bits per heavy atom. The molecule has 0 N–H and O–H groups in total. The zero-order valence-electron chi connectivity index (χ0n) is 14.0. The number of ether oxygens (including phenoxy) is 1. The van der Waals surface area contributed by atoms with E-state index in [4.69, 9.17) is 4.74 Å². The molecule has 1 heterocycles. The lowest BCUT2D eigenvalue weighted by Gasteiger charge is -2.25. The number of benzene rings is 1. The molecule has 23 heavy (non-hydrogen) atoms. The number of hydrogen-bond acceptors (Lipinski definition) is 4. The molecule has 0 aromatic heterocycles. The van der Waals surface area contributed by atoms with Gasteiger partial charge in [0.2, 0.25) is 5.91 Å². The number of esters is 1. The molecule has 5 heteroatoms. The zero-order valence-corrected chi connectivity index (χ0v) is 14.8. The van der Waals surface area contributed by atoms with Crippen molar-refractivity contribution in [3.05, 3.63) is 35.9 Å². The molecular formula is C18H25NO3S. The van der Waals surface area contributed by atoms with Crippen LogP contribution in [0.5, 0.6) is 0 Å². The number of carbonyl (C=O) groups excluding carboxylic acids is 2. The van der Waals surface area contributed by atoms with Gasteiger partial charge in [-0.25, -0.2) is 0 Å². The normalized spacial score (nSPS) is 21.0. The summed E-state index contributed by atoms with van der Waals surface area (Å²) in [6.45, 7) is 7.16. The second-order valence-electron chi connectivity index (χ2n) is 6.11. The third-order valence-corrected chi connectivity index (χ3v) is 5.31. The molecule has 0 bridgehead atoms. The smallest absolute Gasteiger partial charge is 0.307 e. The van der Waals surface area contributed by atoms with Crippen LogP contribution in [0.25, 0.3) is 0 Å². The molecule has 126 valence electrons. The molecule has 0 aliphatic carbocycles. The Bertz CT molecular complexity index is 532. The van der Waals surface area contributed by atoms with E-state index >= 15 is 0 Å². The molecule has 0 saturated carbocycles. The number of rotatable bonds is 7. The van der Waals surface area contributed by atoms with Crippen LogP contribution in [0.4, 0.5) is 0 Å². The van der Waals surface area contributed by atoms with Crippen molar-refractivity contribution in [2.45, 2.75) is 44.2 Å². The summed E-state index contributed by atoms with van der Waals surface area (Å²) in [5, 5.41) is -0.353. The molecule has 2 atom stereocenters. The maximum atomic E-state index is 12.7. The summed E-state index contributed by atoms with van der Waals surface area (Å²) in [5.41, 5.74) is 1.11. The van der Waals surface area contributed by atoms with E-state index in [1.165, 1.54) is 0 Å². The van der Waals surface area contributed by atoms with E-state index in [1.54, 1.807) is 18.7 Å². The van der Waals surface area contributed by atoms with Crippen molar-refractivity contribution in [2.24, 2.45) is 5.92 Å². The van der Waals surface area contributed by atoms with Crippen molar-refractivity contribution < 1.29 is 14.3 Å². The van der Waals surface area contributed by atoms with Gasteiger partial charge < -0.3 is 9.64 Å². The van der Waals surface area contributed by atoms with Gasteiger partial charge in [0.15, 0.2) is 0 Å². The molecule has 1 unspecified atom stereocenters. The van der Waals surface area contributed by atoms with Gasteiger partial charge in [0, 0.05) is 6.54 Å². The molecule has 4 nitrogen and oxygen atoms in total. The van der Waals surface area contributed by atoms with E-state index in [-0.39, 0.29) is 28.9 Å². The largest absolute Gasteiger partial charge is 0.466 e. The first kappa shape index (κ1) is 17.9. The Hall–Kier alpha value is -1.49. The molecule has 1 aromatic carbocycles. The van der Waals surface area contributed by atoms with E-state index in [2.05, 4.69) is 13.8 Å². The fraction of sp³-hybridized carbons (Fsp3) is 0.556. The van der Waals surface area contributed by atoms with Gasteiger partial charge in [-0.3, -0.25) is 9.59 Å². The standard InChI is InChI=1S/C18H25NO3S/c1-4-22-16(20)12-15-17(21)19(11-10-13(2)3)18(23-15)14-8-6-5-7-9-14/h5-9,13,15,18H,4,10-12H2,1-3H3/t15-,18?/m1/s1. The summed E-state index contributed by atoms with van der Waals surface area (Å²) in [4.78, 5) is 26.4. The highest BCUT2D eigenvalue weighted by atomic mass is 32.2. The van der Waals surface area contributed by atoms with Gasteiger partial charge in [0.25, 0.3) is 0 Å². The monoisotopic (exact) mass is 335 g/mol. The van der Waals surface area contributed by atoms with Gasteiger partial charge in [0.05, 0.1) is 18.3 Å². The van der Waals surface area contributed by atoms with Crippen molar-refractivity contribution in [1.29, 1.82) is 0 Å². The lowest BCUT2D eigenvalue weighted by Crippen LogP contribution is -2.33. The summed E-state index contributed by atoms with van der Waals surface area (Å²) < 4.78 is 5.00. The maximum absolute atomic E-state index is 12.7. The number of thioether (sulfide) groups is 1. The summed E-state index contributed by atoms with van der Waals surface area (Å²) in [6.07, 6.45) is 1.11. The minimum absolute atomic E-state index is 0.0122. The van der Waals surface area contributed by atoms with Crippen molar-refractivity contribution in [3.8, 4) is 0 Å². The molecule has 1 aliphatic rings. The van der Waals surface area contributed by atoms with Crippen LogP contribution >= 0.6 is 11.8 Å². The zero-order chi connectivity index (χ0) is 16.8. The summed E-state index contributed by atoms with van der Waals surface area (Å²) >= 11 is 1.56. The lowest BCUT2D eigenvalue weighted by molar-refractivity contribution is -0.145. The molecule has 1 saturated heterocycles. The summed E-state index contributed by atoms with van der Waals surface area (Å²) in [7, 11) is 0. The van der Waals surface area contributed by atoms with Crippen LogP contribution in [0.2, 0.25) is 0 Å². The first-order valence-electron chi connectivity index (χ1n) is 8.19. The van der Waals surface area contributed by atoms with Crippen molar-refractivity contribution in [1.82, 2.24) is 4.90 Å². The highest BCUT2D eigenvalue weighted by molar-refractivity contribution is 8.01. The highest BCUT2D eigenvalue weighted by Crippen LogP contribution is 2.44. The Morgan fingerprint density at radius 2 is 2.00 bits per heavy atom. The second-order valence-corrected chi connectivity index (χ2v) is 7.40. The Balaban J connectivity index is 2.14. The predicted molar refractivity (Wildman–Crippen MR) is 93.0 cm³/mol. The molecule has 0 radical (unpaired) electrons. The van der Waals surface area contributed by atoms with Gasteiger partial charge in [-0.15, -0.1) is 11.8 Å². The molecule has 1 amide bonds. The first-order chi connectivity index (χ1) is 11.0. The molecule has 1 aliphatic heterocycles. The number of amides is 1. The molecular weight excluding hydrogens is 310 g/mol. The average Bonchev–Trinajstić information content (AvgIpc) is 2.83. The van der Waals surface area contributed by atoms with Crippen LogP contribution < -0.4 is 0 Å². The molecule has 1 fully saturated rings. The Morgan fingerprint density at radius 1 is 1.30 bits per heavy atom. The van der Waals surface area contributed by atoms with E-state index in [0.29, 0.717) is 12.5 Å². The van der Waals surface area contributed by atoms with Crippen molar-refractivity contribution >= 4 is 23.6 Å². The van der Waals surface area contributed by atoms with E-state index in [9.17, 15) is 9.59 Å².